The van der Waals surface area contributed by atoms with Gasteiger partial charge in [0.1, 0.15) is 11.5 Å². The van der Waals surface area contributed by atoms with Gasteiger partial charge >= 0.3 is 0 Å². The lowest BCUT2D eigenvalue weighted by Crippen LogP contribution is -2.28. The highest BCUT2D eigenvalue weighted by Gasteiger charge is 2.48. The van der Waals surface area contributed by atoms with Crippen molar-refractivity contribution in [1.29, 1.82) is 0 Å². The van der Waals surface area contributed by atoms with Gasteiger partial charge < -0.3 is 10.5 Å². The number of carbonyl (C=O) groups excluding carboxylic acids is 1. The van der Waals surface area contributed by atoms with Gasteiger partial charge in [-0.05, 0) is 36.8 Å². The maximum atomic E-state index is 12.3. The smallest absolute Gasteiger partial charge is 0.140 e. The van der Waals surface area contributed by atoms with E-state index in [2.05, 4.69) is 6.07 Å². The van der Waals surface area contributed by atoms with Crippen LogP contribution in [-0.4, -0.2) is 18.9 Å². The molecule has 1 saturated carbocycles. The molecule has 3 rings (SSSR count). The highest BCUT2D eigenvalue weighted by atomic mass is 16.5. The lowest BCUT2D eigenvalue weighted by molar-refractivity contribution is -0.124. The Kier molecular flexibility index (Phi) is 2.86. The first-order valence-corrected chi connectivity index (χ1v) is 6.70. The van der Waals surface area contributed by atoms with Crippen LogP contribution < -0.4 is 10.5 Å². The molecule has 0 radical (unpaired) electrons. The predicted molar refractivity (Wildman–Crippen MR) is 69.6 cm³/mol. The maximum absolute atomic E-state index is 12.3. The molecular formula is C15H19NO2. The van der Waals surface area contributed by atoms with Crippen LogP contribution in [-0.2, 0) is 4.79 Å². The number of ether oxygens (including phenoxy) is 1. The highest BCUT2D eigenvalue weighted by Crippen LogP contribution is 2.48. The van der Waals surface area contributed by atoms with Crippen LogP contribution in [0.15, 0.2) is 24.3 Å². The molecule has 3 nitrogen and oxygen atoms in total. The van der Waals surface area contributed by atoms with Crippen molar-refractivity contribution < 1.29 is 9.53 Å². The Morgan fingerprint density at radius 1 is 1.39 bits per heavy atom. The molecule has 0 amide bonds. The van der Waals surface area contributed by atoms with Crippen LogP contribution >= 0.6 is 0 Å². The quantitative estimate of drug-likeness (QED) is 0.885. The summed E-state index contributed by atoms with van der Waals surface area (Å²) >= 11 is 0. The Balaban J connectivity index is 1.77. The molecule has 1 aromatic rings. The van der Waals surface area contributed by atoms with Crippen molar-refractivity contribution in [3.63, 3.8) is 0 Å². The summed E-state index contributed by atoms with van der Waals surface area (Å²) in [6.07, 6.45) is 3.52. The lowest BCUT2D eigenvalue weighted by Gasteiger charge is -2.26. The summed E-state index contributed by atoms with van der Waals surface area (Å²) in [5, 5.41) is 0. The summed E-state index contributed by atoms with van der Waals surface area (Å²) in [6.45, 7) is 1.22. The van der Waals surface area contributed by atoms with E-state index in [9.17, 15) is 4.79 Å². The zero-order chi connectivity index (χ0) is 12.6. The van der Waals surface area contributed by atoms with E-state index in [1.165, 1.54) is 5.56 Å². The Morgan fingerprint density at radius 2 is 2.17 bits per heavy atom. The van der Waals surface area contributed by atoms with Crippen LogP contribution in [0.2, 0.25) is 0 Å². The van der Waals surface area contributed by atoms with Crippen molar-refractivity contribution in [3.8, 4) is 5.75 Å². The molecule has 0 saturated heterocycles. The van der Waals surface area contributed by atoms with E-state index in [0.717, 1.165) is 25.0 Å². The second-order valence-corrected chi connectivity index (χ2v) is 5.48. The molecule has 1 fully saturated rings. The van der Waals surface area contributed by atoms with Crippen molar-refractivity contribution in [2.75, 3.05) is 13.2 Å². The third-order valence-electron chi connectivity index (χ3n) is 4.35. The second-order valence-electron chi connectivity index (χ2n) is 5.48. The number of fused-ring (bicyclic) bond motifs is 1. The number of ketones is 1. The Hall–Kier alpha value is -1.35. The number of para-hydroxylation sites is 1. The molecule has 0 aromatic heterocycles. The third kappa shape index (κ3) is 1.93. The fraction of sp³-hybridized carbons (Fsp3) is 0.533. The molecule has 1 unspecified atom stereocenters. The summed E-state index contributed by atoms with van der Waals surface area (Å²) in [6, 6.07) is 8.06. The van der Waals surface area contributed by atoms with Crippen molar-refractivity contribution in [1.82, 2.24) is 0 Å². The maximum Gasteiger partial charge on any atom is 0.140 e. The fourth-order valence-electron chi connectivity index (χ4n) is 2.82. The van der Waals surface area contributed by atoms with E-state index < -0.39 is 0 Å². The van der Waals surface area contributed by atoms with Gasteiger partial charge in [0, 0.05) is 18.4 Å². The van der Waals surface area contributed by atoms with Gasteiger partial charge in [-0.3, -0.25) is 4.79 Å². The molecule has 1 aliphatic carbocycles. The number of hydrogen-bond donors (Lipinski definition) is 1. The minimum atomic E-state index is -0.173. The van der Waals surface area contributed by atoms with Crippen LogP contribution in [0, 0.1) is 5.41 Å². The zero-order valence-electron chi connectivity index (χ0n) is 10.5. The normalized spacial score (nSPS) is 23.9. The van der Waals surface area contributed by atoms with Crippen LogP contribution in [0.4, 0.5) is 0 Å². The van der Waals surface area contributed by atoms with Crippen molar-refractivity contribution >= 4 is 5.78 Å². The Morgan fingerprint density at radius 3 is 2.89 bits per heavy atom. The summed E-state index contributed by atoms with van der Waals surface area (Å²) in [5.74, 6) is 1.61. The van der Waals surface area contributed by atoms with E-state index in [-0.39, 0.29) is 5.41 Å². The topological polar surface area (TPSA) is 52.3 Å². The van der Waals surface area contributed by atoms with Gasteiger partial charge in [0.05, 0.1) is 6.61 Å². The molecule has 96 valence electrons. The number of carbonyl (C=O) groups is 1. The number of benzene rings is 1. The molecule has 0 spiro atoms. The van der Waals surface area contributed by atoms with E-state index in [0.29, 0.717) is 31.3 Å². The van der Waals surface area contributed by atoms with Gasteiger partial charge in [-0.25, -0.2) is 0 Å². The van der Waals surface area contributed by atoms with Gasteiger partial charge in [-0.15, -0.1) is 0 Å². The second kappa shape index (κ2) is 4.39. The first-order chi connectivity index (χ1) is 8.75. The minimum Gasteiger partial charge on any atom is -0.493 e. The molecule has 0 bridgehead atoms. The van der Waals surface area contributed by atoms with Crippen LogP contribution in [0.5, 0.6) is 5.75 Å². The summed E-state index contributed by atoms with van der Waals surface area (Å²) in [7, 11) is 0. The largest absolute Gasteiger partial charge is 0.493 e. The Bertz CT molecular complexity index is 465. The first kappa shape index (κ1) is 11.7. The van der Waals surface area contributed by atoms with E-state index in [1.54, 1.807) is 0 Å². The Labute approximate surface area is 107 Å². The number of nitrogens with two attached hydrogens (primary N) is 1. The average Bonchev–Trinajstić information content (AvgIpc) is 3.20. The first-order valence-electron chi connectivity index (χ1n) is 6.70. The molecule has 18 heavy (non-hydrogen) atoms. The van der Waals surface area contributed by atoms with E-state index in [4.69, 9.17) is 10.5 Å². The summed E-state index contributed by atoms with van der Waals surface area (Å²) in [5.41, 5.74) is 6.74. The molecule has 3 heteroatoms. The van der Waals surface area contributed by atoms with Crippen LogP contribution in [0.1, 0.15) is 37.2 Å². The molecule has 1 atom stereocenters. The molecule has 2 N–H and O–H groups in total. The number of rotatable bonds is 4. The van der Waals surface area contributed by atoms with Crippen molar-refractivity contribution in [2.45, 2.75) is 31.6 Å². The van der Waals surface area contributed by atoms with Gasteiger partial charge in [0.25, 0.3) is 0 Å². The fourth-order valence-corrected chi connectivity index (χ4v) is 2.82. The SMILES string of the molecule is NCC1(C(=O)CC2CCOc3ccccc32)CC1. The van der Waals surface area contributed by atoms with Gasteiger partial charge in [-0.1, -0.05) is 18.2 Å². The minimum absolute atomic E-state index is 0.173. The van der Waals surface area contributed by atoms with Crippen molar-refractivity contribution in [3.05, 3.63) is 29.8 Å². The van der Waals surface area contributed by atoms with Crippen LogP contribution in [0.3, 0.4) is 0 Å². The molecule has 2 aliphatic rings. The van der Waals surface area contributed by atoms with Crippen molar-refractivity contribution in [2.24, 2.45) is 11.1 Å². The van der Waals surface area contributed by atoms with Gasteiger partial charge in [0.15, 0.2) is 0 Å². The van der Waals surface area contributed by atoms with E-state index >= 15 is 0 Å². The highest BCUT2D eigenvalue weighted by molar-refractivity contribution is 5.88. The summed E-state index contributed by atoms with van der Waals surface area (Å²) < 4.78 is 5.63. The molecular weight excluding hydrogens is 226 g/mol. The molecule has 1 aliphatic heterocycles. The van der Waals surface area contributed by atoms with E-state index in [1.807, 2.05) is 18.2 Å². The van der Waals surface area contributed by atoms with Gasteiger partial charge in [-0.2, -0.15) is 0 Å². The summed E-state index contributed by atoms with van der Waals surface area (Å²) in [4.78, 5) is 12.3. The molecule has 1 heterocycles. The molecule has 1 aromatic carbocycles. The third-order valence-corrected chi connectivity index (χ3v) is 4.35. The lowest BCUT2D eigenvalue weighted by atomic mass is 9.84. The zero-order valence-corrected chi connectivity index (χ0v) is 10.5. The monoisotopic (exact) mass is 245 g/mol. The predicted octanol–water partition coefficient (Wildman–Crippen LogP) is 2.25. The van der Waals surface area contributed by atoms with Crippen LogP contribution in [0.25, 0.3) is 0 Å². The average molecular weight is 245 g/mol. The number of hydrogen-bond acceptors (Lipinski definition) is 3. The standard InChI is InChI=1S/C15H19NO2/c16-10-15(6-7-15)14(17)9-11-5-8-18-13-4-2-1-3-12(11)13/h1-4,11H,5-10,16H2. The van der Waals surface area contributed by atoms with Gasteiger partial charge in [0.2, 0.25) is 0 Å². The number of Topliss-reactive ketones (excluding diaryl/α,β-unsaturated/α-hetero) is 1.